The summed E-state index contributed by atoms with van der Waals surface area (Å²) in [6, 6.07) is 44.2. The first kappa shape index (κ1) is 27.6. The Morgan fingerprint density at radius 1 is 0.525 bits per heavy atom. The van der Waals surface area contributed by atoms with Crippen LogP contribution in [0.2, 0.25) is 0 Å². The summed E-state index contributed by atoms with van der Waals surface area (Å²) in [6.45, 7) is 4.26. The molecule has 0 bridgehead atoms. The molecule has 0 saturated heterocycles. The van der Waals surface area contributed by atoms with Gasteiger partial charge < -0.3 is 4.52 Å². The molecule has 0 aromatic heterocycles. The van der Waals surface area contributed by atoms with Crippen molar-refractivity contribution in [3.63, 3.8) is 0 Å². The van der Waals surface area contributed by atoms with Crippen LogP contribution in [0, 0.1) is 0 Å². The van der Waals surface area contributed by atoms with Crippen molar-refractivity contribution in [3.8, 4) is 5.75 Å². The molecule has 5 rings (SSSR count). The number of hydrogen-bond acceptors (Lipinski definition) is 2. The van der Waals surface area contributed by atoms with Crippen molar-refractivity contribution < 1.29 is 18.9 Å². The summed E-state index contributed by atoms with van der Waals surface area (Å²) in [7, 11) is -4.93. The van der Waals surface area contributed by atoms with Crippen molar-refractivity contribution in [1.82, 2.24) is 0 Å². The van der Waals surface area contributed by atoms with E-state index in [0.717, 1.165) is 38.9 Å². The standard InChI is InChI=1S/C35H33O4P/c1-25(2)30-23-31(33(26-15-7-3-8-16-26)27-17-9-4-10-18-27)35(39-40(36,37)38)32(24-30)34(28-19-11-5-12-20-28)29-21-13-6-14-22-29/h3-25,33-34H,1-2H3,(H2,36,37,38). The largest absolute Gasteiger partial charge is 0.524 e. The van der Waals surface area contributed by atoms with E-state index in [1.807, 2.05) is 121 Å². The van der Waals surface area contributed by atoms with Crippen LogP contribution in [0.5, 0.6) is 5.75 Å². The Kier molecular flexibility index (Phi) is 8.32. The van der Waals surface area contributed by atoms with Gasteiger partial charge in [0.05, 0.1) is 0 Å². The summed E-state index contributed by atoms with van der Waals surface area (Å²) in [5, 5.41) is 0. The van der Waals surface area contributed by atoms with Crippen molar-refractivity contribution in [2.75, 3.05) is 0 Å². The lowest BCUT2D eigenvalue weighted by Crippen LogP contribution is -2.13. The average molecular weight is 549 g/mol. The Balaban J connectivity index is 1.89. The predicted octanol–water partition coefficient (Wildman–Crippen LogP) is 8.64. The van der Waals surface area contributed by atoms with Crippen LogP contribution in [0.25, 0.3) is 0 Å². The lowest BCUT2D eigenvalue weighted by atomic mass is 9.78. The van der Waals surface area contributed by atoms with Crippen LogP contribution in [-0.4, -0.2) is 9.79 Å². The molecule has 0 amide bonds. The SMILES string of the molecule is CC(C)c1cc(C(c2ccccc2)c2ccccc2)c(OP(=O)(O)O)c(C(c2ccccc2)c2ccccc2)c1. The van der Waals surface area contributed by atoms with Crippen LogP contribution >= 0.6 is 7.82 Å². The Bertz CT molecular complexity index is 1400. The Hall–Kier alpha value is -3.95. The number of benzene rings is 5. The molecule has 4 nitrogen and oxygen atoms in total. The highest BCUT2D eigenvalue weighted by Gasteiger charge is 2.32. The molecule has 0 saturated carbocycles. The second-order valence-corrected chi connectivity index (χ2v) is 11.4. The van der Waals surface area contributed by atoms with Crippen LogP contribution in [0.1, 0.15) is 70.5 Å². The van der Waals surface area contributed by atoms with Gasteiger partial charge in [0, 0.05) is 23.0 Å². The maximum Gasteiger partial charge on any atom is 0.524 e. The van der Waals surface area contributed by atoms with Gasteiger partial charge >= 0.3 is 7.82 Å². The lowest BCUT2D eigenvalue weighted by molar-refractivity contribution is 0.281. The molecular formula is C35H33O4P. The fourth-order valence-corrected chi connectivity index (χ4v) is 5.82. The molecule has 5 aromatic rings. The molecule has 40 heavy (non-hydrogen) atoms. The number of rotatable bonds is 9. The molecule has 5 aromatic carbocycles. The molecule has 0 unspecified atom stereocenters. The van der Waals surface area contributed by atoms with Gasteiger partial charge in [-0.3, -0.25) is 9.79 Å². The van der Waals surface area contributed by atoms with Gasteiger partial charge in [-0.25, -0.2) is 4.57 Å². The quantitative estimate of drug-likeness (QED) is 0.143. The molecule has 0 aliphatic carbocycles. The smallest absolute Gasteiger partial charge is 0.404 e. The van der Waals surface area contributed by atoms with Crippen molar-refractivity contribution in [2.24, 2.45) is 0 Å². The minimum Gasteiger partial charge on any atom is -0.404 e. The second-order valence-electron chi connectivity index (χ2n) is 10.3. The van der Waals surface area contributed by atoms with Crippen LogP contribution in [0.3, 0.4) is 0 Å². The van der Waals surface area contributed by atoms with Gasteiger partial charge in [0.15, 0.2) is 0 Å². The summed E-state index contributed by atoms with van der Waals surface area (Å²) in [6.07, 6.45) is 0. The highest BCUT2D eigenvalue weighted by molar-refractivity contribution is 7.46. The molecule has 0 spiro atoms. The molecule has 0 radical (unpaired) electrons. The van der Waals surface area contributed by atoms with Gasteiger partial charge in [0.1, 0.15) is 5.75 Å². The third kappa shape index (κ3) is 6.26. The first-order valence-corrected chi connectivity index (χ1v) is 15.0. The highest BCUT2D eigenvalue weighted by atomic mass is 31.2. The van der Waals surface area contributed by atoms with E-state index in [4.69, 9.17) is 4.52 Å². The third-order valence-corrected chi connectivity index (χ3v) is 7.62. The minimum absolute atomic E-state index is 0.168. The van der Waals surface area contributed by atoms with E-state index in [1.165, 1.54) is 0 Å². The molecular weight excluding hydrogens is 515 g/mol. The van der Waals surface area contributed by atoms with Crippen LogP contribution in [-0.2, 0) is 4.57 Å². The van der Waals surface area contributed by atoms with Crippen molar-refractivity contribution in [2.45, 2.75) is 31.6 Å². The van der Waals surface area contributed by atoms with E-state index in [2.05, 4.69) is 26.0 Å². The minimum atomic E-state index is -4.93. The topological polar surface area (TPSA) is 66.8 Å². The molecule has 0 aliphatic rings. The lowest BCUT2D eigenvalue weighted by Gasteiger charge is -2.29. The molecule has 0 heterocycles. The predicted molar refractivity (Wildman–Crippen MR) is 161 cm³/mol. The van der Waals surface area contributed by atoms with Gasteiger partial charge in [-0.05, 0) is 33.7 Å². The summed E-state index contributed by atoms with van der Waals surface area (Å²) in [5.41, 5.74) is 6.53. The van der Waals surface area contributed by atoms with E-state index in [-0.39, 0.29) is 23.5 Å². The maximum absolute atomic E-state index is 12.6. The Morgan fingerprint density at radius 3 is 1.07 bits per heavy atom. The maximum atomic E-state index is 12.6. The van der Waals surface area contributed by atoms with Crippen LogP contribution < -0.4 is 4.52 Å². The zero-order valence-electron chi connectivity index (χ0n) is 22.6. The van der Waals surface area contributed by atoms with Gasteiger partial charge in [0.25, 0.3) is 0 Å². The fourth-order valence-electron chi connectivity index (χ4n) is 5.37. The Morgan fingerprint density at radius 2 is 0.825 bits per heavy atom. The fraction of sp³-hybridized carbons (Fsp3) is 0.143. The summed E-state index contributed by atoms with van der Waals surface area (Å²) in [4.78, 5) is 20.5. The summed E-state index contributed by atoms with van der Waals surface area (Å²) < 4.78 is 18.3. The zero-order valence-corrected chi connectivity index (χ0v) is 23.5. The zero-order chi connectivity index (χ0) is 28.1. The van der Waals surface area contributed by atoms with Gasteiger partial charge in [-0.2, -0.15) is 0 Å². The molecule has 0 atom stereocenters. The average Bonchev–Trinajstić information content (AvgIpc) is 2.96. The molecule has 0 aliphatic heterocycles. The van der Waals surface area contributed by atoms with Crippen molar-refractivity contribution >= 4 is 7.82 Å². The molecule has 202 valence electrons. The van der Waals surface area contributed by atoms with Gasteiger partial charge in [-0.1, -0.05) is 147 Å². The monoisotopic (exact) mass is 548 g/mol. The van der Waals surface area contributed by atoms with Crippen molar-refractivity contribution in [3.05, 3.63) is 172 Å². The van der Waals surface area contributed by atoms with E-state index >= 15 is 0 Å². The number of hydrogen-bond donors (Lipinski definition) is 2. The van der Waals surface area contributed by atoms with Crippen molar-refractivity contribution in [1.29, 1.82) is 0 Å². The van der Waals surface area contributed by atoms with Gasteiger partial charge in [-0.15, -0.1) is 0 Å². The molecule has 2 N–H and O–H groups in total. The first-order valence-electron chi connectivity index (χ1n) is 13.4. The molecule has 0 fully saturated rings. The first-order chi connectivity index (χ1) is 19.3. The summed E-state index contributed by atoms with van der Waals surface area (Å²) >= 11 is 0. The highest BCUT2D eigenvalue weighted by Crippen LogP contribution is 2.50. The van der Waals surface area contributed by atoms with E-state index in [1.54, 1.807) is 0 Å². The number of phosphoric ester groups is 1. The second kappa shape index (κ2) is 12.1. The van der Waals surface area contributed by atoms with E-state index in [0.29, 0.717) is 0 Å². The summed E-state index contributed by atoms with van der Waals surface area (Å²) in [5.74, 6) is -0.239. The van der Waals surface area contributed by atoms with Gasteiger partial charge in [0.2, 0.25) is 0 Å². The van der Waals surface area contributed by atoms with Crippen LogP contribution in [0.15, 0.2) is 133 Å². The number of phosphoric acid groups is 1. The van der Waals surface area contributed by atoms with Crippen LogP contribution in [0.4, 0.5) is 0 Å². The Labute approximate surface area is 236 Å². The van der Waals surface area contributed by atoms with E-state index in [9.17, 15) is 14.4 Å². The molecule has 5 heteroatoms. The third-order valence-electron chi connectivity index (χ3n) is 7.20. The van der Waals surface area contributed by atoms with E-state index < -0.39 is 7.82 Å². The normalized spacial score (nSPS) is 11.8.